The molecule has 1 aliphatic heterocycles. The Labute approximate surface area is 204 Å². The number of rotatable bonds is 9. The number of carbonyl (C=O) groups excluding carboxylic acids is 2. The predicted molar refractivity (Wildman–Crippen MR) is 128 cm³/mol. The summed E-state index contributed by atoms with van der Waals surface area (Å²) in [4.78, 5) is 37.4. The summed E-state index contributed by atoms with van der Waals surface area (Å²) in [6, 6.07) is 16.2. The second kappa shape index (κ2) is 9.70. The SMILES string of the molecule is O=C(NCC(CC1CC1)C(=O)NC1(C(=O)O)CCOC1)OCC1c2ccccc2-c2ccccc21. The number of benzene rings is 2. The van der Waals surface area contributed by atoms with E-state index in [1.165, 1.54) is 0 Å². The van der Waals surface area contributed by atoms with E-state index >= 15 is 0 Å². The zero-order valence-electron chi connectivity index (χ0n) is 19.5. The summed E-state index contributed by atoms with van der Waals surface area (Å²) in [5, 5.41) is 15.1. The molecule has 2 unspecified atom stereocenters. The van der Waals surface area contributed by atoms with Gasteiger partial charge in [-0.2, -0.15) is 0 Å². The first-order valence-electron chi connectivity index (χ1n) is 12.2. The second-order valence-corrected chi connectivity index (χ2v) is 9.76. The lowest BCUT2D eigenvalue weighted by molar-refractivity contribution is -0.148. The summed E-state index contributed by atoms with van der Waals surface area (Å²) in [6.45, 7) is 0.524. The topological polar surface area (TPSA) is 114 Å². The average Bonchev–Trinajstić information content (AvgIpc) is 3.45. The van der Waals surface area contributed by atoms with Crippen molar-refractivity contribution < 1.29 is 29.0 Å². The van der Waals surface area contributed by atoms with Crippen LogP contribution >= 0.6 is 0 Å². The van der Waals surface area contributed by atoms with Gasteiger partial charge >= 0.3 is 12.1 Å². The highest BCUT2D eigenvalue weighted by atomic mass is 16.5. The zero-order valence-corrected chi connectivity index (χ0v) is 19.5. The maximum atomic E-state index is 13.0. The molecule has 1 saturated carbocycles. The second-order valence-electron chi connectivity index (χ2n) is 9.76. The predicted octanol–water partition coefficient (Wildman–Crippen LogP) is 3.30. The lowest BCUT2D eigenvalue weighted by Gasteiger charge is -2.27. The van der Waals surface area contributed by atoms with Crippen LogP contribution in [-0.4, -0.2) is 55.0 Å². The number of hydrogen-bond acceptors (Lipinski definition) is 5. The summed E-state index contributed by atoms with van der Waals surface area (Å²) < 4.78 is 10.8. The van der Waals surface area contributed by atoms with Crippen LogP contribution in [0.2, 0.25) is 0 Å². The molecule has 2 aromatic rings. The first-order valence-corrected chi connectivity index (χ1v) is 12.2. The lowest BCUT2D eigenvalue weighted by atomic mass is 9.95. The van der Waals surface area contributed by atoms with Crippen LogP contribution in [0, 0.1) is 11.8 Å². The van der Waals surface area contributed by atoms with Crippen molar-refractivity contribution in [3.63, 3.8) is 0 Å². The van der Waals surface area contributed by atoms with Crippen molar-refractivity contribution in [1.82, 2.24) is 10.6 Å². The molecule has 3 N–H and O–H groups in total. The summed E-state index contributed by atoms with van der Waals surface area (Å²) in [6.07, 6.45) is 2.33. The molecule has 184 valence electrons. The van der Waals surface area contributed by atoms with Crippen LogP contribution in [0.3, 0.4) is 0 Å². The van der Waals surface area contributed by atoms with Gasteiger partial charge < -0.3 is 25.2 Å². The van der Waals surface area contributed by atoms with Crippen molar-refractivity contribution in [2.24, 2.45) is 11.8 Å². The normalized spacial score (nSPS) is 21.6. The summed E-state index contributed by atoms with van der Waals surface area (Å²) in [5.41, 5.74) is 3.17. The van der Waals surface area contributed by atoms with E-state index in [0.717, 1.165) is 35.1 Å². The molecule has 2 fully saturated rings. The van der Waals surface area contributed by atoms with E-state index in [1.54, 1.807) is 0 Å². The van der Waals surface area contributed by atoms with Gasteiger partial charge in [0.1, 0.15) is 6.61 Å². The van der Waals surface area contributed by atoms with Gasteiger partial charge in [0.05, 0.1) is 12.5 Å². The lowest BCUT2D eigenvalue weighted by Crippen LogP contribution is -2.57. The Morgan fingerprint density at radius 2 is 1.71 bits per heavy atom. The van der Waals surface area contributed by atoms with Crippen molar-refractivity contribution in [2.45, 2.75) is 37.1 Å². The van der Waals surface area contributed by atoms with E-state index in [0.29, 0.717) is 12.3 Å². The molecule has 8 nitrogen and oxygen atoms in total. The van der Waals surface area contributed by atoms with Crippen LogP contribution < -0.4 is 10.6 Å². The highest BCUT2D eigenvalue weighted by molar-refractivity contribution is 5.89. The quantitative estimate of drug-likeness (QED) is 0.510. The van der Waals surface area contributed by atoms with Gasteiger partial charge in [-0.15, -0.1) is 0 Å². The Balaban J connectivity index is 1.19. The fourth-order valence-electron chi connectivity index (χ4n) is 5.12. The molecule has 3 aliphatic rings. The monoisotopic (exact) mass is 478 g/mol. The van der Waals surface area contributed by atoms with Gasteiger partial charge in [-0.1, -0.05) is 61.4 Å². The molecule has 2 aliphatic carbocycles. The fourth-order valence-corrected chi connectivity index (χ4v) is 5.12. The summed E-state index contributed by atoms with van der Waals surface area (Å²) in [5.74, 6) is -1.62. The molecule has 0 bridgehead atoms. The van der Waals surface area contributed by atoms with E-state index in [1.807, 2.05) is 24.3 Å². The number of hydrogen-bond donors (Lipinski definition) is 3. The molecule has 8 heteroatoms. The highest BCUT2D eigenvalue weighted by Crippen LogP contribution is 2.44. The van der Waals surface area contributed by atoms with Gasteiger partial charge in [-0.3, -0.25) is 4.79 Å². The summed E-state index contributed by atoms with van der Waals surface area (Å²) in [7, 11) is 0. The Bertz CT molecular complexity index is 1080. The molecule has 2 atom stereocenters. The van der Waals surface area contributed by atoms with Crippen molar-refractivity contribution in [3.8, 4) is 11.1 Å². The molecule has 1 heterocycles. The Kier molecular flexibility index (Phi) is 6.47. The fraction of sp³-hybridized carbons (Fsp3) is 0.444. The number of nitrogens with one attached hydrogen (secondary N) is 2. The van der Waals surface area contributed by atoms with E-state index in [-0.39, 0.29) is 44.6 Å². The first kappa shape index (κ1) is 23.4. The Morgan fingerprint density at radius 3 is 2.29 bits per heavy atom. The third-order valence-electron chi connectivity index (χ3n) is 7.32. The van der Waals surface area contributed by atoms with Crippen LogP contribution in [-0.2, 0) is 19.1 Å². The van der Waals surface area contributed by atoms with Crippen LogP contribution in [0.25, 0.3) is 11.1 Å². The van der Waals surface area contributed by atoms with E-state index in [2.05, 4.69) is 34.9 Å². The van der Waals surface area contributed by atoms with Crippen LogP contribution in [0.1, 0.15) is 42.7 Å². The molecule has 35 heavy (non-hydrogen) atoms. The number of carboxylic acid groups (broad SMARTS) is 1. The molecule has 2 aromatic carbocycles. The number of amides is 2. The number of carboxylic acids is 1. The van der Waals surface area contributed by atoms with Crippen LogP contribution in [0.4, 0.5) is 4.79 Å². The maximum Gasteiger partial charge on any atom is 0.407 e. The van der Waals surface area contributed by atoms with Crippen LogP contribution in [0.15, 0.2) is 48.5 Å². The number of fused-ring (bicyclic) bond motifs is 3. The minimum atomic E-state index is -1.40. The largest absolute Gasteiger partial charge is 0.479 e. The average molecular weight is 479 g/mol. The Morgan fingerprint density at radius 1 is 1.06 bits per heavy atom. The third-order valence-corrected chi connectivity index (χ3v) is 7.32. The zero-order chi connectivity index (χ0) is 24.4. The number of aliphatic carboxylic acids is 1. The number of ether oxygens (including phenoxy) is 2. The van der Waals surface area contributed by atoms with E-state index in [9.17, 15) is 19.5 Å². The van der Waals surface area contributed by atoms with Gasteiger partial charge in [0, 0.05) is 25.5 Å². The summed E-state index contributed by atoms with van der Waals surface area (Å²) >= 11 is 0. The van der Waals surface area contributed by atoms with Gasteiger partial charge in [-0.25, -0.2) is 9.59 Å². The molecule has 0 radical (unpaired) electrons. The van der Waals surface area contributed by atoms with Gasteiger partial charge in [0.15, 0.2) is 5.54 Å². The maximum absolute atomic E-state index is 13.0. The minimum Gasteiger partial charge on any atom is -0.479 e. The van der Waals surface area contributed by atoms with E-state index in [4.69, 9.17) is 9.47 Å². The third kappa shape index (κ3) is 4.89. The van der Waals surface area contributed by atoms with Crippen molar-refractivity contribution >= 4 is 18.0 Å². The molecular formula is C27H30N2O6. The van der Waals surface area contributed by atoms with E-state index < -0.39 is 23.5 Å². The molecule has 0 aromatic heterocycles. The number of carbonyl (C=O) groups is 3. The standard InChI is InChI=1S/C27H30N2O6/c30-24(29-27(25(31)32)11-12-34-16-27)18(13-17-9-10-17)14-28-26(33)35-15-23-21-7-3-1-5-19(21)20-6-2-4-8-22(20)23/h1-8,17-18,23H,9-16H2,(H,28,33)(H,29,30)(H,31,32). The van der Waals surface area contributed by atoms with Crippen molar-refractivity contribution in [1.29, 1.82) is 0 Å². The highest BCUT2D eigenvalue weighted by Gasteiger charge is 2.45. The van der Waals surface area contributed by atoms with Crippen LogP contribution in [0.5, 0.6) is 0 Å². The number of alkyl carbamates (subject to hydrolysis) is 1. The Hall–Kier alpha value is -3.39. The first-order chi connectivity index (χ1) is 17.0. The van der Waals surface area contributed by atoms with Crippen molar-refractivity contribution in [3.05, 3.63) is 59.7 Å². The van der Waals surface area contributed by atoms with Gasteiger partial charge in [-0.05, 0) is 34.6 Å². The molecular weight excluding hydrogens is 448 g/mol. The molecule has 5 rings (SSSR count). The van der Waals surface area contributed by atoms with Crippen molar-refractivity contribution in [2.75, 3.05) is 26.4 Å². The van der Waals surface area contributed by atoms with Gasteiger partial charge in [0.25, 0.3) is 0 Å². The smallest absolute Gasteiger partial charge is 0.407 e. The molecule has 0 spiro atoms. The molecule has 1 saturated heterocycles. The molecule has 2 amide bonds. The minimum absolute atomic E-state index is 0.0449. The van der Waals surface area contributed by atoms with Gasteiger partial charge in [0.2, 0.25) is 5.91 Å².